The van der Waals surface area contributed by atoms with Crippen LogP contribution in [0.2, 0.25) is 0 Å². The molecular formula is C26H27FN2O. The van der Waals surface area contributed by atoms with E-state index >= 15 is 0 Å². The Labute approximate surface area is 177 Å². The molecule has 1 aliphatic rings. The number of carbonyl (C=O) groups excluding carboxylic acids is 1. The number of hydrogen-bond acceptors (Lipinski definition) is 2. The lowest BCUT2D eigenvalue weighted by Crippen LogP contribution is -2.27. The highest BCUT2D eigenvalue weighted by Crippen LogP contribution is 2.36. The predicted molar refractivity (Wildman–Crippen MR) is 121 cm³/mol. The van der Waals surface area contributed by atoms with E-state index in [-0.39, 0.29) is 11.7 Å². The van der Waals surface area contributed by atoms with E-state index in [0.717, 1.165) is 64.5 Å². The third-order valence-electron chi connectivity index (χ3n) is 5.62. The molecule has 0 fully saturated rings. The summed E-state index contributed by atoms with van der Waals surface area (Å²) < 4.78 is 13.3. The van der Waals surface area contributed by atoms with Crippen LogP contribution in [0, 0.1) is 11.7 Å². The Bertz CT molecular complexity index is 1100. The van der Waals surface area contributed by atoms with Crippen molar-refractivity contribution in [2.75, 3.05) is 6.54 Å². The Balaban J connectivity index is 1.80. The second kappa shape index (κ2) is 8.78. The van der Waals surface area contributed by atoms with Gasteiger partial charge in [0, 0.05) is 11.9 Å². The number of aromatic nitrogens is 1. The highest BCUT2D eigenvalue weighted by atomic mass is 19.1. The molecule has 1 amide bonds. The molecule has 1 N–H and O–H groups in total. The maximum atomic E-state index is 13.3. The molecule has 1 aromatic heterocycles. The minimum Gasteiger partial charge on any atom is -0.352 e. The molecule has 1 heterocycles. The maximum absolute atomic E-state index is 13.3. The quantitative estimate of drug-likeness (QED) is 0.566. The van der Waals surface area contributed by atoms with Crippen molar-refractivity contribution in [1.82, 2.24) is 10.3 Å². The minimum absolute atomic E-state index is 0.0199. The number of rotatable bonds is 5. The summed E-state index contributed by atoms with van der Waals surface area (Å²) in [7, 11) is 0. The molecule has 0 saturated carbocycles. The Morgan fingerprint density at radius 2 is 1.90 bits per heavy atom. The molecule has 0 bridgehead atoms. The van der Waals surface area contributed by atoms with Gasteiger partial charge < -0.3 is 5.32 Å². The number of allylic oxidation sites excluding steroid dienone is 1. The van der Waals surface area contributed by atoms with Crippen LogP contribution in [0.4, 0.5) is 4.39 Å². The first kappa shape index (κ1) is 20.3. The summed E-state index contributed by atoms with van der Waals surface area (Å²) in [5, 5.41) is 4.02. The van der Waals surface area contributed by atoms with E-state index in [1.165, 1.54) is 12.1 Å². The summed E-state index contributed by atoms with van der Waals surface area (Å²) in [6.45, 7) is 4.98. The number of nitrogens with one attached hydrogen (secondary N) is 1. The fraction of sp³-hybridized carbons (Fsp3) is 0.308. The van der Waals surface area contributed by atoms with Crippen molar-refractivity contribution < 1.29 is 9.18 Å². The zero-order valence-corrected chi connectivity index (χ0v) is 17.5. The highest BCUT2D eigenvalue weighted by Gasteiger charge is 2.25. The molecule has 0 radical (unpaired) electrons. The second-order valence-electron chi connectivity index (χ2n) is 8.34. The third-order valence-corrected chi connectivity index (χ3v) is 5.62. The number of halogens is 1. The van der Waals surface area contributed by atoms with Crippen LogP contribution in [0.1, 0.15) is 60.3 Å². The second-order valence-corrected chi connectivity index (χ2v) is 8.34. The van der Waals surface area contributed by atoms with Crippen LogP contribution in [0.15, 0.2) is 48.5 Å². The van der Waals surface area contributed by atoms with Gasteiger partial charge in [0.1, 0.15) is 5.82 Å². The van der Waals surface area contributed by atoms with E-state index in [1.54, 1.807) is 12.1 Å². The molecule has 3 aromatic rings. The fourth-order valence-corrected chi connectivity index (χ4v) is 4.06. The monoisotopic (exact) mass is 402 g/mol. The maximum Gasteiger partial charge on any atom is 0.252 e. The summed E-state index contributed by atoms with van der Waals surface area (Å²) in [6.07, 6.45) is 5.71. The van der Waals surface area contributed by atoms with Gasteiger partial charge >= 0.3 is 0 Å². The molecule has 2 aromatic carbocycles. The topological polar surface area (TPSA) is 42.0 Å². The van der Waals surface area contributed by atoms with Crippen LogP contribution >= 0.6 is 0 Å². The standard InChI is InChI=1S/C26H27FN2O/c1-17(2)14-15-28-26(30)24-21-7-3-4-9-23(21)29-25-19(6-5-8-22(24)25)16-18-10-12-20(27)13-11-18/h3-4,7,9-13,16-17H,5-6,8,14-15H2,1-2H3,(H,28,30)/b19-16-. The molecule has 4 heteroatoms. The van der Waals surface area contributed by atoms with Crippen LogP contribution in [0.25, 0.3) is 22.6 Å². The van der Waals surface area contributed by atoms with Crippen molar-refractivity contribution >= 4 is 28.5 Å². The third kappa shape index (κ3) is 4.28. The number of benzene rings is 2. The van der Waals surface area contributed by atoms with Crippen molar-refractivity contribution in [2.24, 2.45) is 5.92 Å². The Kier molecular flexibility index (Phi) is 5.93. The molecule has 0 spiro atoms. The summed E-state index contributed by atoms with van der Waals surface area (Å²) in [5.41, 5.74) is 5.55. The Morgan fingerprint density at radius 3 is 2.67 bits per heavy atom. The van der Waals surface area contributed by atoms with Crippen LogP contribution < -0.4 is 5.32 Å². The van der Waals surface area contributed by atoms with Crippen LogP contribution in [0.5, 0.6) is 0 Å². The zero-order chi connectivity index (χ0) is 21.1. The number of hydrogen-bond donors (Lipinski definition) is 1. The lowest BCUT2D eigenvalue weighted by Gasteiger charge is -2.23. The van der Waals surface area contributed by atoms with E-state index in [4.69, 9.17) is 4.98 Å². The summed E-state index contributed by atoms with van der Waals surface area (Å²) in [4.78, 5) is 18.2. The molecule has 0 saturated heterocycles. The minimum atomic E-state index is -0.245. The first-order valence-electron chi connectivity index (χ1n) is 10.7. The smallest absolute Gasteiger partial charge is 0.252 e. The lowest BCUT2D eigenvalue weighted by atomic mass is 9.85. The average molecular weight is 403 g/mol. The van der Waals surface area contributed by atoms with E-state index in [0.29, 0.717) is 12.5 Å². The van der Waals surface area contributed by atoms with Crippen molar-refractivity contribution in [3.63, 3.8) is 0 Å². The highest BCUT2D eigenvalue weighted by molar-refractivity contribution is 6.09. The van der Waals surface area contributed by atoms with Crippen LogP contribution in [0.3, 0.4) is 0 Å². The first-order valence-corrected chi connectivity index (χ1v) is 10.7. The summed E-state index contributed by atoms with van der Waals surface area (Å²) in [6, 6.07) is 14.3. The van der Waals surface area contributed by atoms with Gasteiger partial charge in [-0.1, -0.05) is 44.2 Å². The summed E-state index contributed by atoms with van der Waals surface area (Å²) in [5.74, 6) is 0.276. The first-order chi connectivity index (χ1) is 14.5. The van der Waals surface area contributed by atoms with Crippen LogP contribution in [-0.2, 0) is 6.42 Å². The number of amides is 1. The predicted octanol–water partition coefficient (Wildman–Crippen LogP) is 6.03. The fourth-order valence-electron chi connectivity index (χ4n) is 4.06. The van der Waals surface area contributed by atoms with Gasteiger partial charge in [0.15, 0.2) is 0 Å². The van der Waals surface area contributed by atoms with E-state index in [1.807, 2.05) is 24.3 Å². The van der Waals surface area contributed by atoms with Crippen molar-refractivity contribution in [2.45, 2.75) is 39.5 Å². The van der Waals surface area contributed by atoms with Crippen molar-refractivity contribution in [3.05, 3.63) is 76.7 Å². The van der Waals surface area contributed by atoms with Gasteiger partial charge in [-0.3, -0.25) is 4.79 Å². The number of nitrogens with zero attached hydrogens (tertiary/aromatic N) is 1. The number of pyridine rings is 1. The van der Waals surface area contributed by atoms with Gasteiger partial charge in [0.05, 0.1) is 16.8 Å². The molecule has 3 nitrogen and oxygen atoms in total. The normalized spacial score (nSPS) is 14.9. The molecule has 0 unspecified atom stereocenters. The number of para-hydroxylation sites is 1. The van der Waals surface area contributed by atoms with Gasteiger partial charge in [-0.05, 0) is 72.6 Å². The van der Waals surface area contributed by atoms with Gasteiger partial charge in [-0.25, -0.2) is 9.37 Å². The number of carbonyl (C=O) groups is 1. The molecule has 1 aliphatic carbocycles. The van der Waals surface area contributed by atoms with Gasteiger partial charge in [0.25, 0.3) is 5.91 Å². The zero-order valence-electron chi connectivity index (χ0n) is 17.5. The van der Waals surface area contributed by atoms with Crippen molar-refractivity contribution in [1.29, 1.82) is 0 Å². The largest absolute Gasteiger partial charge is 0.352 e. The SMILES string of the molecule is CC(C)CCNC(=O)c1c2c(nc3ccccc13)/C(=C\c1ccc(F)cc1)CCC2. The van der Waals surface area contributed by atoms with Gasteiger partial charge in [-0.2, -0.15) is 0 Å². The summed E-state index contributed by atoms with van der Waals surface area (Å²) >= 11 is 0. The molecule has 30 heavy (non-hydrogen) atoms. The van der Waals surface area contributed by atoms with Gasteiger partial charge in [0.2, 0.25) is 0 Å². The van der Waals surface area contributed by atoms with Gasteiger partial charge in [-0.15, -0.1) is 0 Å². The lowest BCUT2D eigenvalue weighted by molar-refractivity contribution is 0.0952. The Hall–Kier alpha value is -3.01. The van der Waals surface area contributed by atoms with E-state index in [9.17, 15) is 9.18 Å². The molecule has 0 aliphatic heterocycles. The van der Waals surface area contributed by atoms with Crippen molar-refractivity contribution in [3.8, 4) is 0 Å². The Morgan fingerprint density at radius 1 is 1.13 bits per heavy atom. The molecule has 154 valence electrons. The van der Waals surface area contributed by atoms with Crippen LogP contribution in [-0.4, -0.2) is 17.4 Å². The van der Waals surface area contributed by atoms with E-state index < -0.39 is 0 Å². The molecular weight excluding hydrogens is 375 g/mol. The average Bonchev–Trinajstić information content (AvgIpc) is 2.73. The molecule has 4 rings (SSSR count). The molecule has 0 atom stereocenters. The van der Waals surface area contributed by atoms with E-state index in [2.05, 4.69) is 25.2 Å². The number of fused-ring (bicyclic) bond motifs is 2.